The van der Waals surface area contributed by atoms with E-state index in [2.05, 4.69) is 15.4 Å². The van der Waals surface area contributed by atoms with Gasteiger partial charge in [-0.05, 0) is 17.7 Å². The molecule has 0 radical (unpaired) electrons. The second-order valence-corrected chi connectivity index (χ2v) is 3.74. The number of ether oxygens (including phenoxy) is 2. The predicted octanol–water partition coefficient (Wildman–Crippen LogP) is 1.19. The molecule has 0 saturated carbocycles. The number of methoxy groups -OCH3 is 1. The highest BCUT2D eigenvalue weighted by Gasteiger charge is 2.12. The Bertz CT molecular complexity index is 609. The molecule has 0 amide bonds. The number of aromatic nitrogens is 2. The van der Waals surface area contributed by atoms with Gasteiger partial charge >= 0.3 is 0 Å². The molecule has 1 heterocycles. The van der Waals surface area contributed by atoms with Crippen molar-refractivity contribution < 1.29 is 19.0 Å². The SMILES string of the molecule is COc1cc(CO)ccc1Oc1nc(NN)ncc1F. The molecule has 0 fully saturated rings. The number of rotatable bonds is 5. The van der Waals surface area contributed by atoms with Gasteiger partial charge in [-0.25, -0.2) is 10.8 Å². The van der Waals surface area contributed by atoms with Crippen molar-refractivity contribution >= 4 is 5.95 Å². The summed E-state index contributed by atoms with van der Waals surface area (Å²) in [7, 11) is 1.44. The Morgan fingerprint density at radius 3 is 2.85 bits per heavy atom. The van der Waals surface area contributed by atoms with Gasteiger partial charge in [-0.3, -0.25) is 5.43 Å². The minimum Gasteiger partial charge on any atom is -0.493 e. The Balaban J connectivity index is 2.34. The van der Waals surface area contributed by atoms with E-state index in [1.807, 2.05) is 0 Å². The van der Waals surface area contributed by atoms with Gasteiger partial charge in [0.15, 0.2) is 11.5 Å². The fraction of sp³-hybridized carbons (Fsp3) is 0.167. The third-order valence-electron chi connectivity index (χ3n) is 2.46. The Morgan fingerprint density at radius 1 is 1.40 bits per heavy atom. The van der Waals surface area contributed by atoms with E-state index in [0.717, 1.165) is 6.20 Å². The normalized spacial score (nSPS) is 10.2. The van der Waals surface area contributed by atoms with Crippen LogP contribution in [0.25, 0.3) is 0 Å². The number of aliphatic hydroxyl groups is 1. The highest BCUT2D eigenvalue weighted by Crippen LogP contribution is 2.32. The van der Waals surface area contributed by atoms with Crippen LogP contribution in [0.5, 0.6) is 17.4 Å². The average Bonchev–Trinajstić information content (AvgIpc) is 2.49. The maximum atomic E-state index is 13.6. The highest BCUT2D eigenvalue weighted by atomic mass is 19.1. The van der Waals surface area contributed by atoms with E-state index in [1.54, 1.807) is 18.2 Å². The number of nitrogen functional groups attached to an aromatic ring is 1. The van der Waals surface area contributed by atoms with Crippen LogP contribution in [0.1, 0.15) is 5.56 Å². The zero-order valence-corrected chi connectivity index (χ0v) is 10.6. The van der Waals surface area contributed by atoms with Crippen LogP contribution in [0, 0.1) is 5.82 Å². The number of hydrazine groups is 1. The second-order valence-electron chi connectivity index (χ2n) is 3.74. The molecule has 0 bridgehead atoms. The first-order valence-electron chi connectivity index (χ1n) is 5.62. The molecular formula is C12H13FN4O3. The van der Waals surface area contributed by atoms with E-state index in [1.165, 1.54) is 7.11 Å². The monoisotopic (exact) mass is 280 g/mol. The molecule has 0 aliphatic rings. The van der Waals surface area contributed by atoms with E-state index >= 15 is 0 Å². The lowest BCUT2D eigenvalue weighted by Crippen LogP contribution is -2.11. The Labute approximate surface area is 114 Å². The summed E-state index contributed by atoms with van der Waals surface area (Å²) in [5.74, 6) is 4.74. The number of nitrogens with zero attached hydrogens (tertiary/aromatic N) is 2. The van der Waals surface area contributed by atoms with Crippen LogP contribution in [0.15, 0.2) is 24.4 Å². The summed E-state index contributed by atoms with van der Waals surface area (Å²) >= 11 is 0. The summed E-state index contributed by atoms with van der Waals surface area (Å²) < 4.78 is 24.0. The van der Waals surface area contributed by atoms with E-state index in [4.69, 9.17) is 20.4 Å². The van der Waals surface area contributed by atoms with Crippen molar-refractivity contribution in [2.75, 3.05) is 12.5 Å². The number of nitrogens with one attached hydrogen (secondary N) is 1. The molecule has 0 saturated heterocycles. The number of aliphatic hydroxyl groups excluding tert-OH is 1. The first-order chi connectivity index (χ1) is 9.67. The van der Waals surface area contributed by atoms with Crippen molar-refractivity contribution in [1.82, 2.24) is 9.97 Å². The molecule has 0 atom stereocenters. The van der Waals surface area contributed by atoms with Gasteiger partial charge in [0.25, 0.3) is 5.88 Å². The van der Waals surface area contributed by atoms with Crippen molar-refractivity contribution in [3.63, 3.8) is 0 Å². The molecule has 0 unspecified atom stereocenters. The van der Waals surface area contributed by atoms with Crippen LogP contribution in [-0.2, 0) is 6.61 Å². The summed E-state index contributed by atoms with van der Waals surface area (Å²) in [6.07, 6.45) is 0.937. The summed E-state index contributed by atoms with van der Waals surface area (Å²) in [4.78, 5) is 7.36. The number of anilines is 1. The molecule has 2 rings (SSSR count). The van der Waals surface area contributed by atoms with Crippen molar-refractivity contribution in [2.24, 2.45) is 5.84 Å². The van der Waals surface area contributed by atoms with Gasteiger partial charge in [-0.15, -0.1) is 0 Å². The number of halogens is 1. The molecule has 0 aliphatic heterocycles. The maximum Gasteiger partial charge on any atom is 0.261 e. The zero-order valence-electron chi connectivity index (χ0n) is 10.6. The van der Waals surface area contributed by atoms with Crippen molar-refractivity contribution in [2.45, 2.75) is 6.61 Å². The lowest BCUT2D eigenvalue weighted by Gasteiger charge is -2.11. The molecular weight excluding hydrogens is 267 g/mol. The molecule has 0 spiro atoms. The molecule has 2 aromatic rings. The van der Waals surface area contributed by atoms with Crippen LogP contribution in [-0.4, -0.2) is 22.2 Å². The Hall–Kier alpha value is -2.45. The van der Waals surface area contributed by atoms with Gasteiger partial charge in [0.1, 0.15) is 0 Å². The van der Waals surface area contributed by atoms with E-state index in [-0.39, 0.29) is 24.2 Å². The lowest BCUT2D eigenvalue weighted by atomic mass is 10.2. The van der Waals surface area contributed by atoms with Gasteiger partial charge in [0, 0.05) is 0 Å². The highest BCUT2D eigenvalue weighted by molar-refractivity contribution is 5.45. The molecule has 20 heavy (non-hydrogen) atoms. The van der Waals surface area contributed by atoms with Gasteiger partial charge in [-0.1, -0.05) is 6.07 Å². The van der Waals surface area contributed by atoms with Gasteiger partial charge < -0.3 is 14.6 Å². The van der Waals surface area contributed by atoms with Crippen LogP contribution in [0.3, 0.4) is 0 Å². The quantitative estimate of drug-likeness (QED) is 0.558. The number of benzene rings is 1. The van der Waals surface area contributed by atoms with Crippen molar-refractivity contribution in [1.29, 1.82) is 0 Å². The molecule has 8 heteroatoms. The predicted molar refractivity (Wildman–Crippen MR) is 68.8 cm³/mol. The van der Waals surface area contributed by atoms with Crippen LogP contribution < -0.4 is 20.7 Å². The standard InChI is InChI=1S/C12H13FN4O3/c1-19-10-4-7(6-18)2-3-9(10)20-11-8(13)5-15-12(16-11)17-14/h2-5,18H,6,14H2,1H3,(H,15,16,17). The van der Waals surface area contributed by atoms with Gasteiger partial charge in [0.05, 0.1) is 19.9 Å². The summed E-state index contributed by atoms with van der Waals surface area (Å²) in [5.41, 5.74) is 2.83. The van der Waals surface area contributed by atoms with Crippen LogP contribution in [0.2, 0.25) is 0 Å². The summed E-state index contributed by atoms with van der Waals surface area (Å²) in [6, 6.07) is 4.75. The average molecular weight is 280 g/mol. The molecule has 106 valence electrons. The van der Waals surface area contributed by atoms with Crippen molar-refractivity contribution in [3.8, 4) is 17.4 Å². The Morgan fingerprint density at radius 2 is 2.20 bits per heavy atom. The smallest absolute Gasteiger partial charge is 0.261 e. The van der Waals surface area contributed by atoms with Gasteiger partial charge in [0.2, 0.25) is 11.8 Å². The minimum atomic E-state index is -0.739. The van der Waals surface area contributed by atoms with Crippen LogP contribution in [0.4, 0.5) is 10.3 Å². The third kappa shape index (κ3) is 2.92. The second kappa shape index (κ2) is 6.13. The third-order valence-corrected chi connectivity index (χ3v) is 2.46. The van der Waals surface area contributed by atoms with Gasteiger partial charge in [-0.2, -0.15) is 9.37 Å². The first-order valence-corrected chi connectivity index (χ1v) is 5.62. The lowest BCUT2D eigenvalue weighted by molar-refractivity contribution is 0.280. The van der Waals surface area contributed by atoms with E-state index < -0.39 is 5.82 Å². The number of hydrogen-bond acceptors (Lipinski definition) is 7. The topological polar surface area (TPSA) is 103 Å². The largest absolute Gasteiger partial charge is 0.493 e. The van der Waals surface area contributed by atoms with Crippen molar-refractivity contribution in [3.05, 3.63) is 35.8 Å². The van der Waals surface area contributed by atoms with E-state index in [9.17, 15) is 4.39 Å². The first kappa shape index (κ1) is 14.0. The zero-order chi connectivity index (χ0) is 14.5. The molecule has 1 aromatic carbocycles. The fourth-order valence-electron chi connectivity index (χ4n) is 1.49. The molecule has 0 aliphatic carbocycles. The van der Waals surface area contributed by atoms with Crippen LogP contribution >= 0.6 is 0 Å². The fourth-order valence-corrected chi connectivity index (χ4v) is 1.49. The summed E-state index contributed by atoms with van der Waals surface area (Å²) in [6.45, 7) is -0.139. The molecule has 1 aromatic heterocycles. The number of nitrogens with two attached hydrogens (primary N) is 1. The summed E-state index contributed by atoms with van der Waals surface area (Å²) in [5, 5.41) is 9.05. The number of hydrogen-bond donors (Lipinski definition) is 3. The van der Waals surface area contributed by atoms with E-state index in [0.29, 0.717) is 11.3 Å². The molecule has 7 nitrogen and oxygen atoms in total. The molecule has 4 N–H and O–H groups in total. The maximum absolute atomic E-state index is 13.6. The minimum absolute atomic E-state index is 0.0207. The Kier molecular flexibility index (Phi) is 4.28.